The average molecular weight is 387 g/mol. The number of para-hydroxylation sites is 1. The molecule has 7 heteroatoms. The number of aromatic nitrogens is 1. The van der Waals surface area contributed by atoms with Crippen molar-refractivity contribution in [2.24, 2.45) is 5.92 Å². The van der Waals surface area contributed by atoms with E-state index in [2.05, 4.69) is 17.0 Å². The summed E-state index contributed by atoms with van der Waals surface area (Å²) in [4.78, 5) is 35.4. The van der Waals surface area contributed by atoms with Gasteiger partial charge in [-0.3, -0.25) is 14.5 Å². The van der Waals surface area contributed by atoms with Crippen LogP contribution in [0.3, 0.4) is 0 Å². The molecule has 1 aromatic heterocycles. The van der Waals surface area contributed by atoms with Gasteiger partial charge in [0.25, 0.3) is 0 Å². The molecular weight excluding hydrogens is 360 g/mol. The van der Waals surface area contributed by atoms with Gasteiger partial charge in [-0.1, -0.05) is 12.1 Å². The standard InChI is InChI=1S/C20H26N4O2S/c1-15(25)24-8-4-5-16(13-24)20(26)23-11-9-22(10-12-23)14-19-21-17-6-2-3-7-18(17)27-19/h2-3,6-7,16H,4-5,8-14H2,1H3/t16-/m1/s1. The normalized spacial score (nSPS) is 21.6. The number of carbonyl (C=O) groups is 2. The number of piperidine rings is 1. The first-order valence-electron chi connectivity index (χ1n) is 9.71. The molecule has 2 fully saturated rings. The summed E-state index contributed by atoms with van der Waals surface area (Å²) in [7, 11) is 0. The summed E-state index contributed by atoms with van der Waals surface area (Å²) in [5.41, 5.74) is 1.07. The van der Waals surface area contributed by atoms with E-state index in [0.29, 0.717) is 6.54 Å². The van der Waals surface area contributed by atoms with Gasteiger partial charge in [0.05, 0.1) is 22.7 Å². The van der Waals surface area contributed by atoms with Crippen LogP contribution < -0.4 is 0 Å². The first-order valence-corrected chi connectivity index (χ1v) is 10.5. The molecule has 144 valence electrons. The van der Waals surface area contributed by atoms with Gasteiger partial charge in [-0.25, -0.2) is 4.98 Å². The highest BCUT2D eigenvalue weighted by Crippen LogP contribution is 2.24. The number of benzene rings is 1. The van der Waals surface area contributed by atoms with Crippen molar-refractivity contribution in [3.8, 4) is 0 Å². The maximum atomic E-state index is 12.9. The van der Waals surface area contributed by atoms with Crippen LogP contribution in [0.5, 0.6) is 0 Å². The van der Waals surface area contributed by atoms with Gasteiger partial charge in [0, 0.05) is 46.2 Å². The van der Waals surface area contributed by atoms with Crippen molar-refractivity contribution in [1.29, 1.82) is 0 Å². The van der Waals surface area contributed by atoms with Crippen molar-refractivity contribution in [1.82, 2.24) is 19.7 Å². The maximum absolute atomic E-state index is 12.9. The van der Waals surface area contributed by atoms with Crippen LogP contribution in [0.15, 0.2) is 24.3 Å². The summed E-state index contributed by atoms with van der Waals surface area (Å²) in [5, 5.41) is 1.14. The van der Waals surface area contributed by atoms with E-state index in [1.165, 1.54) is 4.70 Å². The van der Waals surface area contributed by atoms with E-state index < -0.39 is 0 Å². The zero-order chi connectivity index (χ0) is 18.8. The number of hydrogen-bond donors (Lipinski definition) is 0. The molecule has 4 rings (SSSR count). The van der Waals surface area contributed by atoms with Crippen LogP contribution in [0.2, 0.25) is 0 Å². The summed E-state index contributed by atoms with van der Waals surface area (Å²) in [6.45, 7) is 7.10. The van der Waals surface area contributed by atoms with Gasteiger partial charge in [0.15, 0.2) is 0 Å². The number of fused-ring (bicyclic) bond motifs is 1. The molecule has 27 heavy (non-hydrogen) atoms. The SMILES string of the molecule is CC(=O)N1CCC[C@@H](C(=O)N2CCN(Cc3nc4ccccc4s3)CC2)C1. The zero-order valence-corrected chi connectivity index (χ0v) is 16.6. The second-order valence-electron chi connectivity index (χ2n) is 7.48. The third-order valence-electron chi connectivity index (χ3n) is 5.60. The highest BCUT2D eigenvalue weighted by Gasteiger charge is 2.31. The lowest BCUT2D eigenvalue weighted by Crippen LogP contribution is -2.52. The molecule has 0 bridgehead atoms. The second kappa shape index (κ2) is 7.94. The molecule has 2 aliphatic rings. The molecule has 0 unspecified atom stereocenters. The minimum absolute atomic E-state index is 0.0292. The molecule has 0 radical (unpaired) electrons. The number of thiazole rings is 1. The van der Waals surface area contributed by atoms with E-state index in [9.17, 15) is 9.59 Å². The number of amides is 2. The van der Waals surface area contributed by atoms with Crippen LogP contribution in [-0.2, 0) is 16.1 Å². The Kier molecular flexibility index (Phi) is 5.41. The highest BCUT2D eigenvalue weighted by atomic mass is 32.1. The van der Waals surface area contributed by atoms with E-state index >= 15 is 0 Å². The van der Waals surface area contributed by atoms with Gasteiger partial charge >= 0.3 is 0 Å². The smallest absolute Gasteiger partial charge is 0.227 e. The molecule has 2 aliphatic heterocycles. The topological polar surface area (TPSA) is 56.8 Å². The number of carbonyl (C=O) groups excluding carboxylic acids is 2. The first kappa shape index (κ1) is 18.4. The van der Waals surface area contributed by atoms with Crippen LogP contribution in [0.1, 0.15) is 24.8 Å². The van der Waals surface area contributed by atoms with Crippen molar-refractivity contribution in [2.75, 3.05) is 39.3 Å². The lowest BCUT2D eigenvalue weighted by molar-refractivity contribution is -0.141. The third-order valence-corrected chi connectivity index (χ3v) is 6.62. The van der Waals surface area contributed by atoms with Gasteiger partial charge in [-0.05, 0) is 25.0 Å². The number of nitrogens with zero attached hydrogens (tertiary/aromatic N) is 4. The third kappa shape index (κ3) is 4.14. The maximum Gasteiger partial charge on any atom is 0.227 e. The van der Waals surface area contributed by atoms with Crippen LogP contribution in [-0.4, -0.2) is 70.8 Å². The Balaban J connectivity index is 1.30. The molecule has 2 aromatic rings. The molecule has 0 aliphatic carbocycles. The molecule has 1 aromatic carbocycles. The largest absolute Gasteiger partial charge is 0.342 e. The molecule has 6 nitrogen and oxygen atoms in total. The minimum atomic E-state index is -0.0292. The summed E-state index contributed by atoms with van der Waals surface area (Å²) >= 11 is 1.75. The average Bonchev–Trinajstić information content (AvgIpc) is 3.10. The second-order valence-corrected chi connectivity index (χ2v) is 8.60. The quantitative estimate of drug-likeness (QED) is 0.812. The van der Waals surface area contributed by atoms with E-state index in [4.69, 9.17) is 4.98 Å². The molecular formula is C20H26N4O2S. The van der Waals surface area contributed by atoms with Crippen molar-refractivity contribution < 1.29 is 9.59 Å². The van der Waals surface area contributed by atoms with Crippen molar-refractivity contribution in [3.05, 3.63) is 29.3 Å². The van der Waals surface area contributed by atoms with Crippen LogP contribution in [0, 0.1) is 5.92 Å². The van der Waals surface area contributed by atoms with Crippen LogP contribution in [0.25, 0.3) is 10.2 Å². The number of piperazine rings is 1. The summed E-state index contributed by atoms with van der Waals surface area (Å²) in [5.74, 6) is 0.271. The minimum Gasteiger partial charge on any atom is -0.342 e. The zero-order valence-electron chi connectivity index (χ0n) is 15.8. The molecule has 0 saturated carbocycles. The lowest BCUT2D eigenvalue weighted by Gasteiger charge is -2.38. The van der Waals surface area contributed by atoms with Gasteiger partial charge < -0.3 is 9.80 Å². The Hall–Kier alpha value is -1.99. The van der Waals surface area contributed by atoms with Crippen LogP contribution >= 0.6 is 11.3 Å². The van der Waals surface area contributed by atoms with E-state index in [0.717, 1.165) is 62.6 Å². The lowest BCUT2D eigenvalue weighted by atomic mass is 9.96. The van der Waals surface area contributed by atoms with Gasteiger partial charge in [-0.15, -0.1) is 11.3 Å². The predicted octanol–water partition coefficient (Wildman–Crippen LogP) is 2.20. The molecule has 2 saturated heterocycles. The van der Waals surface area contributed by atoms with E-state index in [-0.39, 0.29) is 17.7 Å². The van der Waals surface area contributed by atoms with E-state index in [1.54, 1.807) is 18.3 Å². The Morgan fingerprint density at radius 2 is 1.89 bits per heavy atom. The van der Waals surface area contributed by atoms with Gasteiger partial charge in [0.2, 0.25) is 11.8 Å². The molecule has 2 amide bonds. The summed E-state index contributed by atoms with van der Waals surface area (Å²) in [6, 6.07) is 8.24. The number of hydrogen-bond acceptors (Lipinski definition) is 5. The van der Waals surface area contributed by atoms with Crippen molar-refractivity contribution in [3.63, 3.8) is 0 Å². The molecule has 0 N–H and O–H groups in total. The fraction of sp³-hybridized carbons (Fsp3) is 0.550. The van der Waals surface area contributed by atoms with Crippen molar-refractivity contribution in [2.45, 2.75) is 26.3 Å². The molecule has 3 heterocycles. The molecule has 0 spiro atoms. The van der Waals surface area contributed by atoms with Crippen LogP contribution in [0.4, 0.5) is 0 Å². The Bertz CT molecular complexity index is 795. The number of likely N-dealkylation sites (tertiary alicyclic amines) is 1. The monoisotopic (exact) mass is 386 g/mol. The summed E-state index contributed by atoms with van der Waals surface area (Å²) < 4.78 is 1.23. The van der Waals surface area contributed by atoms with Crippen molar-refractivity contribution >= 4 is 33.4 Å². The highest BCUT2D eigenvalue weighted by molar-refractivity contribution is 7.18. The van der Waals surface area contributed by atoms with Gasteiger partial charge in [-0.2, -0.15) is 0 Å². The van der Waals surface area contributed by atoms with E-state index in [1.807, 2.05) is 21.9 Å². The Morgan fingerprint density at radius 3 is 2.63 bits per heavy atom. The van der Waals surface area contributed by atoms with Gasteiger partial charge in [0.1, 0.15) is 5.01 Å². The molecule has 1 atom stereocenters. The summed E-state index contributed by atoms with van der Waals surface area (Å²) in [6.07, 6.45) is 1.82. The number of rotatable bonds is 3. The predicted molar refractivity (Wildman–Crippen MR) is 106 cm³/mol. The Morgan fingerprint density at radius 1 is 1.11 bits per heavy atom. The Labute approximate surface area is 163 Å². The fourth-order valence-electron chi connectivity index (χ4n) is 4.03. The first-order chi connectivity index (χ1) is 13.1. The fourth-order valence-corrected chi connectivity index (χ4v) is 5.04.